The van der Waals surface area contributed by atoms with Crippen LogP contribution in [0, 0.1) is 6.92 Å². The normalized spacial score (nSPS) is 10.2. The molecular formula is C13H14N2O3. The van der Waals surface area contributed by atoms with Crippen molar-refractivity contribution in [3.8, 4) is 22.8 Å². The molecule has 1 aromatic carbocycles. The van der Waals surface area contributed by atoms with Gasteiger partial charge in [-0.25, -0.2) is 4.79 Å². The van der Waals surface area contributed by atoms with Crippen molar-refractivity contribution < 1.29 is 9.47 Å². The largest absolute Gasteiger partial charge is 0.496 e. The van der Waals surface area contributed by atoms with Gasteiger partial charge in [-0.05, 0) is 25.1 Å². The highest BCUT2D eigenvalue weighted by atomic mass is 16.5. The number of H-pyrrole nitrogens is 1. The Hall–Kier alpha value is -2.30. The summed E-state index contributed by atoms with van der Waals surface area (Å²) in [5.41, 5.74) is 1.55. The molecule has 2 rings (SSSR count). The second-order valence-electron chi connectivity index (χ2n) is 3.79. The van der Waals surface area contributed by atoms with E-state index in [0.29, 0.717) is 22.8 Å². The number of hydrogen-bond donors (Lipinski definition) is 1. The lowest BCUT2D eigenvalue weighted by Crippen LogP contribution is -2.12. The van der Waals surface area contributed by atoms with Crippen LogP contribution in [0.1, 0.15) is 5.69 Å². The Kier molecular flexibility index (Phi) is 3.32. The molecule has 1 aromatic heterocycles. The van der Waals surface area contributed by atoms with Crippen molar-refractivity contribution in [1.29, 1.82) is 0 Å². The van der Waals surface area contributed by atoms with E-state index in [2.05, 4.69) is 9.97 Å². The maximum absolute atomic E-state index is 11.4. The number of hydrogen-bond acceptors (Lipinski definition) is 4. The van der Waals surface area contributed by atoms with Crippen molar-refractivity contribution in [3.05, 3.63) is 40.4 Å². The number of ether oxygens (including phenoxy) is 2. The summed E-state index contributed by atoms with van der Waals surface area (Å²) in [4.78, 5) is 18.0. The van der Waals surface area contributed by atoms with E-state index in [0.717, 1.165) is 5.69 Å². The van der Waals surface area contributed by atoms with Crippen LogP contribution in [0.4, 0.5) is 0 Å². The fourth-order valence-corrected chi connectivity index (χ4v) is 1.81. The SMILES string of the molecule is COc1cccc(OC)c1-c1cc(C)[nH]c(=O)n1. The van der Waals surface area contributed by atoms with Crippen LogP contribution in [-0.2, 0) is 0 Å². The third-order valence-corrected chi connectivity index (χ3v) is 2.56. The van der Waals surface area contributed by atoms with Crippen molar-refractivity contribution in [2.75, 3.05) is 14.2 Å². The number of aromatic amines is 1. The number of methoxy groups -OCH3 is 2. The highest BCUT2D eigenvalue weighted by molar-refractivity contribution is 5.74. The van der Waals surface area contributed by atoms with Gasteiger partial charge in [0, 0.05) is 5.69 Å². The van der Waals surface area contributed by atoms with Gasteiger partial charge in [0.25, 0.3) is 0 Å². The summed E-state index contributed by atoms with van der Waals surface area (Å²) in [7, 11) is 3.14. The molecule has 5 nitrogen and oxygen atoms in total. The highest BCUT2D eigenvalue weighted by Gasteiger charge is 2.14. The van der Waals surface area contributed by atoms with Crippen molar-refractivity contribution in [3.63, 3.8) is 0 Å². The molecule has 0 saturated carbocycles. The summed E-state index contributed by atoms with van der Waals surface area (Å²) < 4.78 is 10.6. The molecule has 0 bridgehead atoms. The highest BCUT2D eigenvalue weighted by Crippen LogP contribution is 2.36. The standard InChI is InChI=1S/C13H14N2O3/c1-8-7-9(15-13(16)14-8)12-10(17-2)5-4-6-11(12)18-3/h4-7H,1-3H3,(H,14,15,16). The zero-order valence-electron chi connectivity index (χ0n) is 10.5. The average molecular weight is 246 g/mol. The quantitative estimate of drug-likeness (QED) is 0.896. The van der Waals surface area contributed by atoms with E-state index in [1.54, 1.807) is 39.3 Å². The molecule has 0 aliphatic rings. The minimum atomic E-state index is -0.391. The number of nitrogens with one attached hydrogen (secondary N) is 1. The minimum Gasteiger partial charge on any atom is -0.496 e. The van der Waals surface area contributed by atoms with E-state index >= 15 is 0 Å². The fraction of sp³-hybridized carbons (Fsp3) is 0.231. The third kappa shape index (κ3) is 2.20. The molecule has 0 radical (unpaired) electrons. The van der Waals surface area contributed by atoms with Crippen LogP contribution in [0.2, 0.25) is 0 Å². The molecule has 0 aliphatic carbocycles. The fourth-order valence-electron chi connectivity index (χ4n) is 1.81. The molecular weight excluding hydrogens is 232 g/mol. The number of nitrogens with zero attached hydrogens (tertiary/aromatic N) is 1. The molecule has 0 fully saturated rings. The second-order valence-corrected chi connectivity index (χ2v) is 3.79. The zero-order chi connectivity index (χ0) is 13.1. The monoisotopic (exact) mass is 246 g/mol. The molecule has 2 aromatic rings. The summed E-state index contributed by atoms with van der Waals surface area (Å²) >= 11 is 0. The number of aryl methyl sites for hydroxylation is 1. The van der Waals surface area contributed by atoms with Gasteiger partial charge in [0.2, 0.25) is 0 Å². The van der Waals surface area contributed by atoms with Crippen LogP contribution >= 0.6 is 0 Å². The number of aromatic nitrogens is 2. The minimum absolute atomic E-state index is 0.391. The molecule has 18 heavy (non-hydrogen) atoms. The first-order chi connectivity index (χ1) is 8.65. The van der Waals surface area contributed by atoms with Gasteiger partial charge >= 0.3 is 5.69 Å². The Morgan fingerprint density at radius 2 is 1.78 bits per heavy atom. The van der Waals surface area contributed by atoms with Gasteiger partial charge in [-0.3, -0.25) is 0 Å². The van der Waals surface area contributed by atoms with Crippen molar-refractivity contribution in [1.82, 2.24) is 9.97 Å². The topological polar surface area (TPSA) is 64.2 Å². The molecule has 94 valence electrons. The summed E-state index contributed by atoms with van der Waals surface area (Å²) in [6, 6.07) is 7.20. The predicted octanol–water partition coefficient (Wildman–Crippen LogP) is 1.76. The van der Waals surface area contributed by atoms with Crippen LogP contribution in [0.3, 0.4) is 0 Å². The lowest BCUT2D eigenvalue weighted by molar-refractivity contribution is 0.397. The Labute approximate surface area is 104 Å². The van der Waals surface area contributed by atoms with Gasteiger partial charge in [0.1, 0.15) is 11.5 Å². The Morgan fingerprint density at radius 3 is 2.28 bits per heavy atom. The van der Waals surface area contributed by atoms with Crippen LogP contribution in [0.25, 0.3) is 11.3 Å². The van der Waals surface area contributed by atoms with Crippen LogP contribution in [0.15, 0.2) is 29.1 Å². The average Bonchev–Trinajstić information content (AvgIpc) is 2.36. The number of rotatable bonds is 3. The van der Waals surface area contributed by atoms with E-state index in [1.807, 2.05) is 6.07 Å². The maximum atomic E-state index is 11.4. The van der Waals surface area contributed by atoms with Crippen molar-refractivity contribution in [2.45, 2.75) is 6.92 Å². The van der Waals surface area contributed by atoms with Gasteiger partial charge in [-0.1, -0.05) is 6.07 Å². The van der Waals surface area contributed by atoms with E-state index < -0.39 is 5.69 Å². The summed E-state index contributed by atoms with van der Waals surface area (Å²) in [5.74, 6) is 1.23. The summed E-state index contributed by atoms with van der Waals surface area (Å²) in [6.07, 6.45) is 0. The lowest BCUT2D eigenvalue weighted by atomic mass is 10.1. The molecule has 1 N–H and O–H groups in total. The summed E-state index contributed by atoms with van der Waals surface area (Å²) in [6.45, 7) is 1.80. The third-order valence-electron chi connectivity index (χ3n) is 2.56. The van der Waals surface area contributed by atoms with E-state index in [4.69, 9.17) is 9.47 Å². The molecule has 0 saturated heterocycles. The zero-order valence-corrected chi connectivity index (χ0v) is 10.5. The van der Waals surface area contributed by atoms with E-state index in [1.165, 1.54) is 0 Å². The van der Waals surface area contributed by atoms with Gasteiger partial charge in [0.05, 0.1) is 25.5 Å². The van der Waals surface area contributed by atoms with Crippen molar-refractivity contribution in [2.24, 2.45) is 0 Å². The first kappa shape index (κ1) is 12.2. The predicted molar refractivity (Wildman–Crippen MR) is 68.1 cm³/mol. The van der Waals surface area contributed by atoms with Gasteiger partial charge in [-0.2, -0.15) is 4.98 Å². The Morgan fingerprint density at radius 1 is 1.17 bits per heavy atom. The van der Waals surface area contributed by atoms with E-state index in [-0.39, 0.29) is 0 Å². The smallest absolute Gasteiger partial charge is 0.345 e. The van der Waals surface area contributed by atoms with Crippen LogP contribution in [0.5, 0.6) is 11.5 Å². The molecule has 0 atom stereocenters. The van der Waals surface area contributed by atoms with Crippen LogP contribution < -0.4 is 15.2 Å². The molecule has 0 amide bonds. The van der Waals surface area contributed by atoms with E-state index in [9.17, 15) is 4.79 Å². The van der Waals surface area contributed by atoms with Gasteiger partial charge < -0.3 is 14.5 Å². The summed E-state index contributed by atoms with van der Waals surface area (Å²) in [5, 5.41) is 0. The second kappa shape index (κ2) is 4.91. The van der Waals surface area contributed by atoms with Crippen molar-refractivity contribution >= 4 is 0 Å². The Balaban J connectivity index is 2.72. The van der Waals surface area contributed by atoms with Gasteiger partial charge in [-0.15, -0.1) is 0 Å². The maximum Gasteiger partial charge on any atom is 0.345 e. The molecule has 0 aliphatic heterocycles. The molecule has 0 spiro atoms. The van der Waals surface area contributed by atoms with Crippen LogP contribution in [-0.4, -0.2) is 24.2 Å². The number of benzene rings is 1. The molecule has 1 heterocycles. The molecule has 0 unspecified atom stereocenters. The first-order valence-corrected chi connectivity index (χ1v) is 5.45. The Bertz CT molecular complexity index is 598. The molecule has 5 heteroatoms. The van der Waals surface area contributed by atoms with Gasteiger partial charge in [0.15, 0.2) is 0 Å². The lowest BCUT2D eigenvalue weighted by Gasteiger charge is -2.12. The first-order valence-electron chi connectivity index (χ1n) is 5.45.